The minimum absolute atomic E-state index is 0.0347. The summed E-state index contributed by atoms with van der Waals surface area (Å²) in [7, 11) is 0. The van der Waals surface area contributed by atoms with Crippen molar-refractivity contribution < 1.29 is 24.7 Å². The van der Waals surface area contributed by atoms with Crippen molar-refractivity contribution in [1.82, 2.24) is 5.32 Å². The van der Waals surface area contributed by atoms with Gasteiger partial charge in [-0.1, -0.05) is 12.2 Å². The number of nitrogens with zero attached hydrogens (tertiary/aromatic N) is 1. The molecular formula is C16H22N2O6. The van der Waals surface area contributed by atoms with Gasteiger partial charge in [0.25, 0.3) is 5.69 Å². The first-order valence-electron chi connectivity index (χ1n) is 7.33. The lowest BCUT2D eigenvalue weighted by Gasteiger charge is -2.24. The summed E-state index contributed by atoms with van der Waals surface area (Å²) in [4.78, 5) is 21.7. The number of carbonyl (C=O) groups is 1. The average molecular weight is 338 g/mol. The molecule has 0 aliphatic heterocycles. The molecule has 0 aromatic heterocycles. The number of benzene rings is 1. The second-order valence-corrected chi connectivity index (χ2v) is 6.13. The van der Waals surface area contributed by atoms with Gasteiger partial charge in [0.05, 0.1) is 23.7 Å². The molecule has 0 fully saturated rings. The number of alkyl carbamates (subject to hydrolysis) is 1. The molecule has 0 bridgehead atoms. The second kappa shape index (κ2) is 8.42. The van der Waals surface area contributed by atoms with Crippen molar-refractivity contribution in [1.29, 1.82) is 0 Å². The smallest absolute Gasteiger partial charge is 0.408 e. The minimum Gasteiger partial charge on any atom is -0.444 e. The van der Waals surface area contributed by atoms with Crippen LogP contribution in [0, 0.1) is 10.1 Å². The Bertz CT molecular complexity index is 592. The van der Waals surface area contributed by atoms with Crippen molar-refractivity contribution in [3.63, 3.8) is 0 Å². The number of aliphatic hydroxyl groups excluding tert-OH is 2. The van der Waals surface area contributed by atoms with Crippen LogP contribution in [-0.2, 0) is 4.74 Å². The van der Waals surface area contributed by atoms with E-state index in [1.54, 1.807) is 20.8 Å². The average Bonchev–Trinajstić information content (AvgIpc) is 2.48. The summed E-state index contributed by atoms with van der Waals surface area (Å²) in [6.07, 6.45) is 1.01. The SMILES string of the molecule is CC(C)(C)OC(=O)NC(CO)C(O)C=Cc1ccc([N+](=O)[O-])cc1. The van der Waals surface area contributed by atoms with Crippen LogP contribution in [0.2, 0.25) is 0 Å². The van der Waals surface area contributed by atoms with Crippen LogP contribution in [0.5, 0.6) is 0 Å². The fraction of sp³-hybridized carbons (Fsp3) is 0.438. The van der Waals surface area contributed by atoms with Crippen molar-refractivity contribution in [3.05, 3.63) is 46.0 Å². The van der Waals surface area contributed by atoms with Gasteiger partial charge >= 0.3 is 6.09 Å². The number of hydrogen-bond donors (Lipinski definition) is 3. The molecule has 8 nitrogen and oxygen atoms in total. The Morgan fingerprint density at radius 1 is 1.38 bits per heavy atom. The molecule has 0 radical (unpaired) electrons. The lowest BCUT2D eigenvalue weighted by atomic mass is 10.1. The number of ether oxygens (including phenoxy) is 1. The van der Waals surface area contributed by atoms with Gasteiger partial charge in [0.15, 0.2) is 0 Å². The van der Waals surface area contributed by atoms with E-state index < -0.39 is 35.4 Å². The Kier molecular flexibility index (Phi) is 6.87. The monoisotopic (exact) mass is 338 g/mol. The molecule has 2 atom stereocenters. The van der Waals surface area contributed by atoms with Gasteiger partial charge in [0, 0.05) is 12.1 Å². The van der Waals surface area contributed by atoms with Crippen molar-refractivity contribution in [2.45, 2.75) is 38.5 Å². The van der Waals surface area contributed by atoms with E-state index in [4.69, 9.17) is 4.74 Å². The van der Waals surface area contributed by atoms with E-state index in [1.807, 2.05) is 0 Å². The maximum absolute atomic E-state index is 11.7. The summed E-state index contributed by atoms with van der Waals surface area (Å²) in [6.45, 7) is 4.62. The molecule has 3 N–H and O–H groups in total. The molecule has 1 rings (SSSR count). The molecular weight excluding hydrogens is 316 g/mol. The van der Waals surface area contributed by atoms with E-state index in [0.29, 0.717) is 5.56 Å². The number of amides is 1. The van der Waals surface area contributed by atoms with Crippen LogP contribution >= 0.6 is 0 Å². The highest BCUT2D eigenvalue weighted by molar-refractivity contribution is 5.68. The molecule has 0 saturated heterocycles. The van der Waals surface area contributed by atoms with Gasteiger partial charge in [-0.25, -0.2) is 4.79 Å². The predicted molar refractivity (Wildman–Crippen MR) is 88.4 cm³/mol. The summed E-state index contributed by atoms with van der Waals surface area (Å²) >= 11 is 0. The number of rotatable bonds is 6. The van der Waals surface area contributed by atoms with Crippen LogP contribution in [0.15, 0.2) is 30.3 Å². The Morgan fingerprint density at radius 3 is 2.42 bits per heavy atom. The summed E-state index contributed by atoms with van der Waals surface area (Å²) in [5.74, 6) is 0. The number of carbonyl (C=O) groups excluding carboxylic acids is 1. The molecule has 1 aromatic carbocycles. The maximum Gasteiger partial charge on any atom is 0.408 e. The minimum atomic E-state index is -1.15. The number of nitrogens with one attached hydrogen (secondary N) is 1. The third-order valence-corrected chi connectivity index (χ3v) is 2.90. The third kappa shape index (κ3) is 6.76. The van der Waals surface area contributed by atoms with E-state index in [0.717, 1.165) is 0 Å². The number of nitro benzene ring substituents is 1. The first-order valence-corrected chi connectivity index (χ1v) is 7.33. The molecule has 1 amide bonds. The fourth-order valence-corrected chi connectivity index (χ4v) is 1.75. The van der Waals surface area contributed by atoms with Crippen LogP contribution in [0.3, 0.4) is 0 Å². The highest BCUT2D eigenvalue weighted by Crippen LogP contribution is 2.13. The van der Waals surface area contributed by atoms with Gasteiger partial charge in [0.2, 0.25) is 0 Å². The zero-order valence-corrected chi connectivity index (χ0v) is 13.8. The summed E-state index contributed by atoms with van der Waals surface area (Å²) in [5, 5.41) is 32.3. The molecule has 0 spiro atoms. The van der Waals surface area contributed by atoms with Crippen LogP contribution in [0.4, 0.5) is 10.5 Å². The normalized spacial score (nSPS) is 14.2. The molecule has 0 heterocycles. The standard InChI is InChI=1S/C16H22N2O6/c1-16(2,3)24-15(21)17-13(10-19)14(20)9-6-11-4-7-12(8-5-11)18(22)23/h4-9,13-14,19-20H,10H2,1-3H3,(H,17,21). The molecule has 0 saturated carbocycles. The number of hydrogen-bond acceptors (Lipinski definition) is 6. The van der Waals surface area contributed by atoms with Crippen LogP contribution in [0.25, 0.3) is 6.08 Å². The van der Waals surface area contributed by atoms with Gasteiger partial charge < -0.3 is 20.3 Å². The Hall–Kier alpha value is -2.45. The van der Waals surface area contributed by atoms with E-state index in [1.165, 1.54) is 36.4 Å². The highest BCUT2D eigenvalue weighted by Gasteiger charge is 2.22. The van der Waals surface area contributed by atoms with Crippen molar-refractivity contribution in [3.8, 4) is 0 Å². The Balaban J connectivity index is 2.67. The second-order valence-electron chi connectivity index (χ2n) is 6.13. The molecule has 0 aliphatic rings. The van der Waals surface area contributed by atoms with Gasteiger partial charge in [-0.3, -0.25) is 10.1 Å². The number of non-ortho nitro benzene ring substituents is 1. The van der Waals surface area contributed by atoms with E-state index in [2.05, 4.69) is 5.32 Å². The largest absolute Gasteiger partial charge is 0.444 e. The molecule has 132 valence electrons. The van der Waals surface area contributed by atoms with Gasteiger partial charge in [0.1, 0.15) is 5.60 Å². The molecule has 2 unspecified atom stereocenters. The predicted octanol–water partition coefficient (Wildman–Crippen LogP) is 1.85. The first-order chi connectivity index (χ1) is 11.1. The maximum atomic E-state index is 11.7. The third-order valence-electron chi connectivity index (χ3n) is 2.90. The lowest BCUT2D eigenvalue weighted by molar-refractivity contribution is -0.384. The Morgan fingerprint density at radius 2 is 1.96 bits per heavy atom. The molecule has 24 heavy (non-hydrogen) atoms. The Labute approximate surface area is 139 Å². The molecule has 8 heteroatoms. The summed E-state index contributed by atoms with van der Waals surface area (Å²) in [6, 6.07) is 4.80. The van der Waals surface area contributed by atoms with Crippen molar-refractivity contribution in [2.24, 2.45) is 0 Å². The highest BCUT2D eigenvalue weighted by atomic mass is 16.6. The van der Waals surface area contributed by atoms with Crippen LogP contribution in [0.1, 0.15) is 26.3 Å². The first kappa shape index (κ1) is 19.6. The zero-order valence-electron chi connectivity index (χ0n) is 13.8. The number of aliphatic hydroxyl groups is 2. The summed E-state index contributed by atoms with van der Waals surface area (Å²) < 4.78 is 5.06. The number of nitro groups is 1. The van der Waals surface area contributed by atoms with Gasteiger partial charge in [-0.15, -0.1) is 0 Å². The quantitative estimate of drug-likeness (QED) is 0.537. The summed E-state index contributed by atoms with van der Waals surface area (Å²) in [5.41, 5.74) is -0.0926. The van der Waals surface area contributed by atoms with Crippen molar-refractivity contribution in [2.75, 3.05) is 6.61 Å². The van der Waals surface area contributed by atoms with Gasteiger partial charge in [-0.2, -0.15) is 0 Å². The lowest BCUT2D eigenvalue weighted by Crippen LogP contribution is -2.46. The van der Waals surface area contributed by atoms with E-state index in [9.17, 15) is 25.1 Å². The van der Waals surface area contributed by atoms with E-state index in [-0.39, 0.29) is 5.69 Å². The topological polar surface area (TPSA) is 122 Å². The van der Waals surface area contributed by atoms with Crippen molar-refractivity contribution >= 4 is 17.9 Å². The van der Waals surface area contributed by atoms with Crippen LogP contribution < -0.4 is 5.32 Å². The fourth-order valence-electron chi connectivity index (χ4n) is 1.75. The van der Waals surface area contributed by atoms with E-state index >= 15 is 0 Å². The zero-order chi connectivity index (χ0) is 18.3. The molecule has 1 aromatic rings. The molecule has 0 aliphatic carbocycles. The van der Waals surface area contributed by atoms with Crippen LogP contribution in [-0.4, -0.2) is 45.6 Å². The van der Waals surface area contributed by atoms with Gasteiger partial charge in [-0.05, 0) is 38.5 Å².